The van der Waals surface area contributed by atoms with Crippen molar-refractivity contribution < 1.29 is 19.5 Å². The summed E-state index contributed by atoms with van der Waals surface area (Å²) in [4.78, 5) is 33.7. The van der Waals surface area contributed by atoms with E-state index in [0.29, 0.717) is 12.8 Å². The fourth-order valence-corrected chi connectivity index (χ4v) is 2.70. The van der Waals surface area contributed by atoms with Gasteiger partial charge in [-0.05, 0) is 12.8 Å². The number of imide groups is 1. The van der Waals surface area contributed by atoms with Crippen LogP contribution in [0.1, 0.15) is 32.1 Å². The minimum absolute atomic E-state index is 0.0757. The van der Waals surface area contributed by atoms with Crippen LogP contribution in [0.3, 0.4) is 0 Å². The third-order valence-corrected chi connectivity index (χ3v) is 3.46. The normalized spacial score (nSPS) is 33.6. The summed E-state index contributed by atoms with van der Waals surface area (Å²) in [5, 5.41) is 13.6. The van der Waals surface area contributed by atoms with E-state index in [9.17, 15) is 14.4 Å². The second-order valence-electron chi connectivity index (χ2n) is 4.42. The van der Waals surface area contributed by atoms with E-state index in [2.05, 4.69) is 10.6 Å². The molecule has 0 aromatic rings. The van der Waals surface area contributed by atoms with Gasteiger partial charge >= 0.3 is 12.0 Å². The molecule has 6 nitrogen and oxygen atoms in total. The predicted molar refractivity (Wildman–Crippen MR) is 53.6 cm³/mol. The molecular formula is C10H14N2O4. The van der Waals surface area contributed by atoms with E-state index in [1.165, 1.54) is 0 Å². The highest BCUT2D eigenvalue weighted by atomic mass is 16.4. The number of hydrogen-bond donors (Lipinski definition) is 3. The van der Waals surface area contributed by atoms with Crippen molar-refractivity contribution >= 4 is 17.9 Å². The lowest BCUT2D eigenvalue weighted by Gasteiger charge is -2.37. The maximum atomic E-state index is 11.8. The number of urea groups is 1. The highest BCUT2D eigenvalue weighted by Gasteiger charge is 2.52. The lowest BCUT2D eigenvalue weighted by molar-refractivity contribution is -0.140. The van der Waals surface area contributed by atoms with E-state index in [-0.39, 0.29) is 18.2 Å². The van der Waals surface area contributed by atoms with E-state index in [1.54, 1.807) is 0 Å². The van der Waals surface area contributed by atoms with Crippen molar-refractivity contribution in [2.75, 3.05) is 0 Å². The Labute approximate surface area is 92.4 Å². The minimum atomic E-state index is -0.978. The monoisotopic (exact) mass is 226 g/mol. The molecule has 2 fully saturated rings. The Bertz CT molecular complexity index is 355. The second-order valence-corrected chi connectivity index (χ2v) is 4.42. The van der Waals surface area contributed by atoms with Gasteiger partial charge in [0.25, 0.3) is 5.91 Å². The molecule has 16 heavy (non-hydrogen) atoms. The molecule has 2 unspecified atom stereocenters. The van der Waals surface area contributed by atoms with Gasteiger partial charge in [0, 0.05) is 5.92 Å². The average molecular weight is 226 g/mol. The Morgan fingerprint density at radius 2 is 2.19 bits per heavy atom. The summed E-state index contributed by atoms with van der Waals surface area (Å²) in [6, 6.07) is -0.512. The Kier molecular flexibility index (Phi) is 2.57. The first-order valence-electron chi connectivity index (χ1n) is 5.40. The lowest BCUT2D eigenvalue weighted by Crippen LogP contribution is -2.55. The number of rotatable bonds is 2. The molecule has 1 saturated heterocycles. The van der Waals surface area contributed by atoms with Crippen molar-refractivity contribution in [2.24, 2.45) is 5.92 Å². The standard InChI is InChI=1S/C10H14N2O4/c13-7(14)5-6-3-1-2-4-10(6)8(15)11-9(16)12-10/h6H,1-5H2,(H,13,14)(H2,11,12,15,16). The quantitative estimate of drug-likeness (QED) is 0.587. The molecule has 1 aliphatic carbocycles. The minimum Gasteiger partial charge on any atom is -0.481 e. The fourth-order valence-electron chi connectivity index (χ4n) is 2.70. The van der Waals surface area contributed by atoms with E-state index in [0.717, 1.165) is 12.8 Å². The molecular weight excluding hydrogens is 212 g/mol. The van der Waals surface area contributed by atoms with Gasteiger partial charge in [0.05, 0.1) is 6.42 Å². The van der Waals surface area contributed by atoms with Gasteiger partial charge in [-0.1, -0.05) is 12.8 Å². The number of amides is 3. The number of carboxylic acid groups (broad SMARTS) is 1. The Hall–Kier alpha value is -1.59. The molecule has 2 rings (SSSR count). The molecule has 0 bridgehead atoms. The number of carbonyl (C=O) groups is 3. The first-order valence-corrected chi connectivity index (χ1v) is 5.40. The van der Waals surface area contributed by atoms with E-state index in [4.69, 9.17) is 5.11 Å². The van der Waals surface area contributed by atoms with E-state index in [1.807, 2.05) is 0 Å². The van der Waals surface area contributed by atoms with Crippen LogP contribution in [0.2, 0.25) is 0 Å². The summed E-state index contributed by atoms with van der Waals surface area (Å²) in [5.41, 5.74) is -0.978. The van der Waals surface area contributed by atoms with Gasteiger partial charge in [-0.2, -0.15) is 0 Å². The third kappa shape index (κ3) is 1.64. The van der Waals surface area contributed by atoms with Crippen LogP contribution in [0.25, 0.3) is 0 Å². The summed E-state index contributed by atoms with van der Waals surface area (Å²) < 4.78 is 0. The van der Waals surface area contributed by atoms with Gasteiger partial charge in [-0.15, -0.1) is 0 Å². The Morgan fingerprint density at radius 3 is 2.75 bits per heavy atom. The van der Waals surface area contributed by atoms with Gasteiger partial charge in [0.2, 0.25) is 0 Å². The molecule has 88 valence electrons. The van der Waals surface area contributed by atoms with Gasteiger partial charge in [0.15, 0.2) is 0 Å². The largest absolute Gasteiger partial charge is 0.481 e. The van der Waals surface area contributed by atoms with Crippen LogP contribution >= 0.6 is 0 Å². The Morgan fingerprint density at radius 1 is 1.44 bits per heavy atom. The summed E-state index contributed by atoms with van der Waals surface area (Å²) in [5.74, 6) is -1.60. The number of carboxylic acids is 1. The number of nitrogens with one attached hydrogen (secondary N) is 2. The zero-order chi connectivity index (χ0) is 11.8. The Balaban J connectivity index is 2.24. The SMILES string of the molecule is O=C(O)CC1CCCCC12NC(=O)NC2=O. The number of aliphatic carboxylic acids is 1. The van der Waals surface area contributed by atoms with Crippen molar-refractivity contribution in [3.05, 3.63) is 0 Å². The van der Waals surface area contributed by atoms with Crippen LogP contribution < -0.4 is 10.6 Å². The molecule has 3 amide bonds. The van der Waals surface area contributed by atoms with Gasteiger partial charge in [-0.3, -0.25) is 14.9 Å². The lowest BCUT2D eigenvalue weighted by atomic mass is 9.71. The van der Waals surface area contributed by atoms with E-state index >= 15 is 0 Å². The molecule has 0 aromatic heterocycles. The van der Waals surface area contributed by atoms with Crippen LogP contribution in [0.4, 0.5) is 4.79 Å². The molecule has 2 aliphatic rings. The smallest absolute Gasteiger partial charge is 0.322 e. The van der Waals surface area contributed by atoms with Crippen molar-refractivity contribution in [1.82, 2.24) is 10.6 Å². The van der Waals surface area contributed by atoms with Crippen molar-refractivity contribution in [2.45, 2.75) is 37.6 Å². The summed E-state index contributed by atoms with van der Waals surface area (Å²) in [7, 11) is 0. The maximum absolute atomic E-state index is 11.8. The maximum Gasteiger partial charge on any atom is 0.322 e. The molecule has 1 saturated carbocycles. The molecule has 6 heteroatoms. The zero-order valence-electron chi connectivity index (χ0n) is 8.78. The summed E-state index contributed by atoms with van der Waals surface area (Å²) in [6.07, 6.45) is 2.86. The first kappa shape index (κ1) is 10.9. The van der Waals surface area contributed by atoms with Gasteiger partial charge < -0.3 is 10.4 Å². The predicted octanol–water partition coefficient (Wildman–Crippen LogP) is 0.230. The highest BCUT2D eigenvalue weighted by Crippen LogP contribution is 2.37. The van der Waals surface area contributed by atoms with Crippen molar-refractivity contribution in [3.8, 4) is 0 Å². The molecule has 1 aliphatic heterocycles. The highest BCUT2D eigenvalue weighted by molar-refractivity contribution is 6.07. The molecule has 3 N–H and O–H groups in total. The van der Waals surface area contributed by atoms with Gasteiger partial charge in [-0.25, -0.2) is 4.79 Å². The summed E-state index contributed by atoms with van der Waals surface area (Å²) >= 11 is 0. The molecule has 0 radical (unpaired) electrons. The topological polar surface area (TPSA) is 95.5 Å². The van der Waals surface area contributed by atoms with Crippen molar-refractivity contribution in [1.29, 1.82) is 0 Å². The number of carbonyl (C=O) groups excluding carboxylic acids is 2. The van der Waals surface area contributed by atoms with Crippen LogP contribution in [-0.4, -0.2) is 28.6 Å². The van der Waals surface area contributed by atoms with Crippen LogP contribution in [0, 0.1) is 5.92 Å². The molecule has 0 aromatic carbocycles. The molecule has 1 spiro atoms. The third-order valence-electron chi connectivity index (χ3n) is 3.46. The van der Waals surface area contributed by atoms with Gasteiger partial charge in [0.1, 0.15) is 5.54 Å². The van der Waals surface area contributed by atoms with Crippen molar-refractivity contribution in [3.63, 3.8) is 0 Å². The zero-order valence-corrected chi connectivity index (χ0v) is 8.78. The first-order chi connectivity index (χ1) is 7.54. The number of hydrogen-bond acceptors (Lipinski definition) is 3. The van der Waals surface area contributed by atoms with Crippen LogP contribution in [0.5, 0.6) is 0 Å². The van der Waals surface area contributed by atoms with Crippen LogP contribution in [-0.2, 0) is 9.59 Å². The van der Waals surface area contributed by atoms with E-state index < -0.39 is 17.5 Å². The fraction of sp³-hybridized carbons (Fsp3) is 0.700. The molecule has 2 atom stereocenters. The molecule has 1 heterocycles. The second kappa shape index (κ2) is 3.77. The summed E-state index contributed by atoms with van der Waals surface area (Å²) in [6.45, 7) is 0. The van der Waals surface area contributed by atoms with Crippen LogP contribution in [0.15, 0.2) is 0 Å². The average Bonchev–Trinajstić information content (AvgIpc) is 2.46.